The third-order valence-corrected chi connectivity index (χ3v) is 6.22. The highest BCUT2D eigenvalue weighted by atomic mass is 31.2. The van der Waals surface area contributed by atoms with Crippen molar-refractivity contribution in [3.05, 3.63) is 29.1 Å². The SMILES string of the molecule is COc1nc(P(C)(C)=O)ccc1C1(N)N=CC(C(F)(F)F)=C(NCN2CCOCC2)N1. The summed E-state index contributed by atoms with van der Waals surface area (Å²) in [4.78, 5) is 10.1. The zero-order valence-electron chi connectivity index (χ0n) is 17.5. The predicted molar refractivity (Wildman–Crippen MR) is 111 cm³/mol. The van der Waals surface area contributed by atoms with Gasteiger partial charge in [-0.25, -0.2) is 9.98 Å². The summed E-state index contributed by atoms with van der Waals surface area (Å²) in [5.41, 5.74) is 5.89. The molecular formula is C18H26F3N6O3P. The Hall–Kier alpha value is -2.14. The maximum atomic E-state index is 13.6. The Labute approximate surface area is 178 Å². The van der Waals surface area contributed by atoms with E-state index in [0.29, 0.717) is 38.0 Å². The van der Waals surface area contributed by atoms with Crippen LogP contribution in [0.25, 0.3) is 0 Å². The van der Waals surface area contributed by atoms with Crippen molar-refractivity contribution in [3.63, 3.8) is 0 Å². The highest BCUT2D eigenvalue weighted by Crippen LogP contribution is 2.37. The van der Waals surface area contributed by atoms with Gasteiger partial charge in [-0.3, -0.25) is 10.6 Å². The smallest absolute Gasteiger partial charge is 0.421 e. The summed E-state index contributed by atoms with van der Waals surface area (Å²) in [6, 6.07) is 3.01. The first kappa shape index (κ1) is 23.5. The van der Waals surface area contributed by atoms with E-state index in [0.717, 1.165) is 0 Å². The van der Waals surface area contributed by atoms with Gasteiger partial charge in [0, 0.05) is 19.3 Å². The van der Waals surface area contributed by atoms with E-state index in [1.807, 2.05) is 4.90 Å². The molecule has 0 bridgehead atoms. The zero-order valence-corrected chi connectivity index (χ0v) is 18.4. The number of halogens is 3. The van der Waals surface area contributed by atoms with Gasteiger partial charge in [0.25, 0.3) is 0 Å². The average Bonchev–Trinajstić information content (AvgIpc) is 2.71. The molecule has 1 aromatic heterocycles. The number of pyridine rings is 1. The van der Waals surface area contributed by atoms with Gasteiger partial charge >= 0.3 is 6.18 Å². The van der Waals surface area contributed by atoms with Gasteiger partial charge in [-0.15, -0.1) is 0 Å². The Morgan fingerprint density at radius 1 is 1.35 bits per heavy atom. The van der Waals surface area contributed by atoms with Crippen LogP contribution >= 0.6 is 7.14 Å². The Balaban J connectivity index is 1.92. The molecule has 0 radical (unpaired) electrons. The van der Waals surface area contributed by atoms with Gasteiger partial charge in [0.2, 0.25) is 11.7 Å². The van der Waals surface area contributed by atoms with Crippen LogP contribution in [0.3, 0.4) is 0 Å². The van der Waals surface area contributed by atoms with Crippen molar-refractivity contribution in [2.75, 3.05) is 53.4 Å². The summed E-state index contributed by atoms with van der Waals surface area (Å²) in [6.45, 7) is 5.48. The van der Waals surface area contributed by atoms with E-state index < -0.39 is 24.7 Å². The number of morpholine rings is 1. The minimum absolute atomic E-state index is 0.0246. The normalized spacial score (nSPS) is 22.9. The number of hydrogen-bond donors (Lipinski definition) is 3. The molecule has 0 amide bonds. The molecular weight excluding hydrogens is 436 g/mol. The van der Waals surface area contributed by atoms with Crippen molar-refractivity contribution in [3.8, 4) is 5.88 Å². The molecule has 0 saturated carbocycles. The third kappa shape index (κ3) is 5.38. The van der Waals surface area contributed by atoms with Crippen molar-refractivity contribution in [1.29, 1.82) is 0 Å². The standard InChI is InChI=1S/C18H26F3N6O3P/c1-29-16-12(4-5-14(25-16)31(2,3)28)18(22)24-10-13(17(19,20)21)15(26-18)23-11-27-6-8-30-9-7-27/h4-5,10,23,26H,6-9,11,22H2,1-3H3. The maximum absolute atomic E-state index is 13.6. The van der Waals surface area contributed by atoms with E-state index >= 15 is 0 Å². The van der Waals surface area contributed by atoms with Gasteiger partial charge in [-0.1, -0.05) is 0 Å². The molecule has 0 aromatic carbocycles. The molecule has 3 rings (SSSR count). The number of hydrogen-bond acceptors (Lipinski definition) is 9. The maximum Gasteiger partial charge on any atom is 0.421 e. The predicted octanol–water partition coefficient (Wildman–Crippen LogP) is 0.734. The van der Waals surface area contributed by atoms with E-state index in [2.05, 4.69) is 20.6 Å². The van der Waals surface area contributed by atoms with Crippen LogP contribution < -0.4 is 26.5 Å². The summed E-state index contributed by atoms with van der Waals surface area (Å²) in [7, 11) is -1.34. The highest BCUT2D eigenvalue weighted by molar-refractivity contribution is 7.69. The van der Waals surface area contributed by atoms with Gasteiger partial charge in [0.05, 0.1) is 32.6 Å². The second-order valence-corrected chi connectivity index (χ2v) is 10.7. The fourth-order valence-electron chi connectivity index (χ4n) is 3.14. The van der Waals surface area contributed by atoms with Crippen molar-refractivity contribution in [1.82, 2.24) is 20.5 Å². The van der Waals surface area contributed by atoms with Crippen LogP contribution in [0, 0.1) is 0 Å². The molecule has 1 saturated heterocycles. The van der Waals surface area contributed by atoms with Gasteiger partial charge in [-0.2, -0.15) is 13.2 Å². The van der Waals surface area contributed by atoms with Gasteiger partial charge in [-0.05, 0) is 25.5 Å². The van der Waals surface area contributed by atoms with Crippen LogP contribution in [-0.4, -0.2) is 75.7 Å². The topological polar surface area (TPSA) is 114 Å². The summed E-state index contributed by atoms with van der Waals surface area (Å²) in [5, 5.41) is 5.44. The largest absolute Gasteiger partial charge is 0.481 e. The Morgan fingerprint density at radius 2 is 2.03 bits per heavy atom. The number of aliphatic imine (C=N–C) groups is 1. The highest BCUT2D eigenvalue weighted by Gasteiger charge is 2.42. The second-order valence-electron chi connectivity index (χ2n) is 7.58. The number of allylic oxidation sites excluding steroid dienone is 1. The average molecular weight is 462 g/mol. The van der Waals surface area contributed by atoms with Crippen LogP contribution in [0.2, 0.25) is 0 Å². The monoisotopic (exact) mass is 462 g/mol. The van der Waals surface area contributed by atoms with Crippen LogP contribution in [0.5, 0.6) is 5.88 Å². The number of aromatic nitrogens is 1. The molecule has 2 aliphatic heterocycles. The molecule has 2 aliphatic rings. The minimum atomic E-state index is -4.64. The Bertz CT molecular complexity index is 927. The first-order chi connectivity index (χ1) is 14.4. The minimum Gasteiger partial charge on any atom is -0.481 e. The summed E-state index contributed by atoms with van der Waals surface area (Å²) < 4.78 is 63.6. The Morgan fingerprint density at radius 3 is 2.61 bits per heavy atom. The summed E-state index contributed by atoms with van der Waals surface area (Å²) in [5.74, 6) is -2.06. The van der Waals surface area contributed by atoms with Crippen LogP contribution in [0.15, 0.2) is 28.5 Å². The van der Waals surface area contributed by atoms with Gasteiger partial charge in [0.15, 0.2) is 0 Å². The van der Waals surface area contributed by atoms with E-state index in [1.165, 1.54) is 19.2 Å². The lowest BCUT2D eigenvalue weighted by Gasteiger charge is -2.36. The van der Waals surface area contributed by atoms with Crippen molar-refractivity contribution in [2.24, 2.45) is 10.7 Å². The third-order valence-electron chi connectivity index (χ3n) is 4.87. The van der Waals surface area contributed by atoms with Crippen molar-refractivity contribution < 1.29 is 27.2 Å². The molecule has 3 heterocycles. The van der Waals surface area contributed by atoms with Gasteiger partial charge in [0.1, 0.15) is 24.0 Å². The molecule has 1 fully saturated rings. The summed E-state index contributed by atoms with van der Waals surface area (Å²) in [6.07, 6.45) is -3.95. The molecule has 1 aromatic rings. The van der Waals surface area contributed by atoms with E-state index in [-0.39, 0.29) is 23.9 Å². The molecule has 0 spiro atoms. The lowest BCUT2D eigenvalue weighted by Crippen LogP contribution is -2.55. The number of nitrogens with zero attached hydrogens (tertiary/aromatic N) is 3. The fraction of sp³-hybridized carbons (Fsp3) is 0.556. The molecule has 1 unspecified atom stereocenters. The number of rotatable bonds is 6. The lowest BCUT2D eigenvalue weighted by atomic mass is 10.1. The molecule has 172 valence electrons. The Kier molecular flexibility index (Phi) is 6.66. The second kappa shape index (κ2) is 8.78. The molecule has 9 nitrogen and oxygen atoms in total. The molecule has 31 heavy (non-hydrogen) atoms. The number of ether oxygens (including phenoxy) is 2. The van der Waals surface area contributed by atoms with Crippen LogP contribution in [0.1, 0.15) is 5.56 Å². The molecule has 1 atom stereocenters. The number of methoxy groups -OCH3 is 1. The molecule has 4 N–H and O–H groups in total. The molecule has 0 aliphatic carbocycles. The zero-order chi connectivity index (χ0) is 22.9. The number of nitrogens with one attached hydrogen (secondary N) is 2. The first-order valence-electron chi connectivity index (χ1n) is 9.53. The lowest BCUT2D eigenvalue weighted by molar-refractivity contribution is -0.0877. The number of nitrogens with two attached hydrogens (primary N) is 1. The van der Waals surface area contributed by atoms with Crippen molar-refractivity contribution >= 4 is 18.8 Å². The number of alkyl halides is 3. The quantitative estimate of drug-likeness (QED) is 0.531. The van der Waals surface area contributed by atoms with E-state index in [1.54, 1.807) is 13.3 Å². The van der Waals surface area contributed by atoms with Crippen molar-refractivity contribution in [2.45, 2.75) is 12.0 Å². The van der Waals surface area contributed by atoms with E-state index in [4.69, 9.17) is 15.2 Å². The summed E-state index contributed by atoms with van der Waals surface area (Å²) >= 11 is 0. The fourth-order valence-corrected chi connectivity index (χ4v) is 3.90. The van der Waals surface area contributed by atoms with Crippen LogP contribution in [0.4, 0.5) is 13.2 Å². The van der Waals surface area contributed by atoms with E-state index in [9.17, 15) is 17.7 Å². The molecule has 13 heteroatoms. The first-order valence-corrected chi connectivity index (χ1v) is 12.1. The van der Waals surface area contributed by atoms with Gasteiger partial charge < -0.3 is 24.7 Å². The van der Waals surface area contributed by atoms with Crippen LogP contribution in [-0.2, 0) is 15.1 Å².